The monoisotopic (exact) mass is 595 g/mol. The van der Waals surface area contributed by atoms with Crippen molar-refractivity contribution < 1.29 is 43.6 Å². The predicted octanol–water partition coefficient (Wildman–Crippen LogP) is 1.38. The van der Waals surface area contributed by atoms with Gasteiger partial charge in [0.15, 0.2) is 0 Å². The van der Waals surface area contributed by atoms with E-state index in [1.54, 1.807) is 18.2 Å². The quantitative estimate of drug-likeness (QED) is 0.0517. The zero-order valence-electron chi connectivity index (χ0n) is 21.4. The molecule has 42 heavy (non-hydrogen) atoms. The maximum atomic E-state index is 12.8. The van der Waals surface area contributed by atoms with Crippen LogP contribution in [0.4, 0.5) is 5.69 Å². The number of phenols is 2. The summed E-state index contributed by atoms with van der Waals surface area (Å²) >= 11 is -2.69. The molecule has 1 aromatic heterocycles. The van der Waals surface area contributed by atoms with Crippen LogP contribution >= 0.6 is 0 Å². The number of H-pyrrole nitrogens is 1. The number of carboxylic acid groups (broad SMARTS) is 2. The van der Waals surface area contributed by atoms with Crippen LogP contribution in [0, 0.1) is 5.41 Å². The number of hydrogen-bond donors (Lipinski definition) is 9. The molecule has 0 saturated carbocycles. The number of phenolic OH excluding ortho intramolecular Hbond substituents is 2. The number of nitrogens with one attached hydrogen (secondary N) is 4. The number of aromatic amines is 1. The summed E-state index contributed by atoms with van der Waals surface area (Å²) in [4.78, 5) is 42.7. The van der Waals surface area contributed by atoms with E-state index in [-0.39, 0.29) is 45.4 Å². The van der Waals surface area contributed by atoms with E-state index in [9.17, 15) is 38.5 Å². The fourth-order valence-electron chi connectivity index (χ4n) is 4.20. The van der Waals surface area contributed by atoms with E-state index in [2.05, 4.69) is 20.0 Å². The summed E-state index contributed by atoms with van der Waals surface area (Å²) in [6, 6.07) is 9.49. The molecule has 0 aliphatic rings. The van der Waals surface area contributed by atoms with E-state index in [0.29, 0.717) is 16.6 Å². The van der Waals surface area contributed by atoms with Gasteiger partial charge in [-0.05, 0) is 54.1 Å². The Labute approximate surface area is 239 Å². The van der Waals surface area contributed by atoms with Crippen LogP contribution in [0.25, 0.3) is 33.5 Å². The van der Waals surface area contributed by atoms with E-state index in [1.807, 2.05) is 0 Å². The van der Waals surface area contributed by atoms with Crippen LogP contribution in [0.15, 0.2) is 48.5 Å². The standard InChI is InChI=1S/C26H24N6O9S/c27-24(28)12-1-3-17-18(8-12)31-25(30-17)16-6-11(7-21(34)29-19(26(38)39)10-22(35)36)5-15(23(16)37)14-9-13(32-42(40)41)2-4-20(14)33/h1-6,8-9,19,32-33,37H,7,10H2,(H3,27,28)(H,29,34)(H,30,31)(H,35,36)(H,38,39)(H,40,41)/p-1/t19-/m0/s1. The highest BCUT2D eigenvalue weighted by Gasteiger charge is 2.24. The van der Waals surface area contributed by atoms with Crippen LogP contribution in [0.5, 0.6) is 11.5 Å². The number of amidine groups is 1. The van der Waals surface area contributed by atoms with Crippen molar-refractivity contribution in [3.63, 3.8) is 0 Å². The number of nitrogens with zero attached hydrogens (tertiary/aromatic N) is 1. The molecule has 16 heteroatoms. The lowest BCUT2D eigenvalue weighted by Crippen LogP contribution is -2.42. The molecule has 0 aliphatic heterocycles. The number of aliphatic carboxylic acids is 2. The summed E-state index contributed by atoms with van der Waals surface area (Å²) in [6.45, 7) is 0. The Morgan fingerprint density at radius 2 is 1.76 bits per heavy atom. The number of aromatic nitrogens is 2. The fourth-order valence-corrected chi connectivity index (χ4v) is 4.52. The topological polar surface area (TPSA) is 275 Å². The minimum atomic E-state index is -2.69. The molecule has 15 nitrogen and oxygen atoms in total. The lowest BCUT2D eigenvalue weighted by atomic mass is 9.95. The molecule has 0 aliphatic carbocycles. The number of hydrogen-bond acceptors (Lipinski definition) is 9. The zero-order valence-corrected chi connectivity index (χ0v) is 22.2. The van der Waals surface area contributed by atoms with Gasteiger partial charge < -0.3 is 45.7 Å². The number of imidazole rings is 1. The second kappa shape index (κ2) is 11.9. The molecule has 0 bridgehead atoms. The van der Waals surface area contributed by atoms with Crippen LogP contribution in [-0.2, 0) is 32.1 Å². The van der Waals surface area contributed by atoms with Crippen molar-refractivity contribution in [1.29, 1.82) is 5.41 Å². The van der Waals surface area contributed by atoms with Crippen molar-refractivity contribution in [3.05, 3.63) is 59.7 Å². The average Bonchev–Trinajstić information content (AvgIpc) is 3.33. The second-order valence-electron chi connectivity index (χ2n) is 9.07. The first-order valence-corrected chi connectivity index (χ1v) is 13.0. The molecule has 218 valence electrons. The van der Waals surface area contributed by atoms with Crippen molar-refractivity contribution in [2.75, 3.05) is 4.72 Å². The van der Waals surface area contributed by atoms with Crippen LogP contribution in [-0.4, -0.2) is 68.9 Å². The molecule has 0 saturated heterocycles. The zero-order chi connectivity index (χ0) is 30.7. The number of rotatable bonds is 11. The average molecular weight is 596 g/mol. The lowest BCUT2D eigenvalue weighted by molar-refractivity contribution is -0.147. The van der Waals surface area contributed by atoms with Gasteiger partial charge >= 0.3 is 11.9 Å². The molecule has 0 spiro atoms. The van der Waals surface area contributed by atoms with Gasteiger partial charge in [0.25, 0.3) is 0 Å². The number of fused-ring (bicyclic) bond motifs is 1. The van der Waals surface area contributed by atoms with E-state index >= 15 is 0 Å². The summed E-state index contributed by atoms with van der Waals surface area (Å²) < 4.78 is 24.5. The smallest absolute Gasteiger partial charge is 0.326 e. The first-order valence-electron chi connectivity index (χ1n) is 12.0. The molecule has 10 N–H and O–H groups in total. The molecule has 2 atom stereocenters. The first kappa shape index (κ1) is 29.5. The summed E-state index contributed by atoms with van der Waals surface area (Å²) in [5.74, 6) is -4.64. The summed E-state index contributed by atoms with van der Waals surface area (Å²) in [5, 5.41) is 50.0. The van der Waals surface area contributed by atoms with Crippen molar-refractivity contribution >= 4 is 51.7 Å². The highest BCUT2D eigenvalue weighted by molar-refractivity contribution is 7.80. The summed E-state index contributed by atoms with van der Waals surface area (Å²) in [7, 11) is 0. The SMILES string of the molecule is N=C(N)c1ccc2nc(-c3cc(CC(=O)N[C@@H](CC(=O)O)C(=O)O)cc(-c4cc(NS(=O)[O-])ccc4O)c3O)[nH]c2c1. The molecule has 4 rings (SSSR count). The Bertz CT molecular complexity index is 1770. The normalized spacial score (nSPS) is 12.4. The number of carboxylic acids is 2. The molecule has 3 aromatic carbocycles. The summed E-state index contributed by atoms with van der Waals surface area (Å²) in [6.07, 6.45) is -1.33. The van der Waals surface area contributed by atoms with E-state index in [1.165, 1.54) is 30.3 Å². The third-order valence-corrected chi connectivity index (χ3v) is 6.48. The van der Waals surface area contributed by atoms with Gasteiger partial charge in [-0.15, -0.1) is 0 Å². The van der Waals surface area contributed by atoms with Crippen molar-refractivity contribution in [2.24, 2.45) is 5.73 Å². The number of nitrogen functional groups attached to an aromatic ring is 1. The molecule has 1 amide bonds. The maximum Gasteiger partial charge on any atom is 0.326 e. The van der Waals surface area contributed by atoms with Crippen molar-refractivity contribution in [1.82, 2.24) is 15.3 Å². The van der Waals surface area contributed by atoms with Gasteiger partial charge in [-0.1, -0.05) is 0 Å². The van der Waals surface area contributed by atoms with Gasteiger partial charge in [0, 0.05) is 33.6 Å². The van der Waals surface area contributed by atoms with Gasteiger partial charge in [0.05, 0.1) is 29.4 Å². The molecular weight excluding hydrogens is 572 g/mol. The van der Waals surface area contributed by atoms with Crippen LogP contribution < -0.4 is 15.8 Å². The lowest BCUT2D eigenvalue weighted by Gasteiger charge is -2.16. The van der Waals surface area contributed by atoms with E-state index in [4.69, 9.17) is 16.2 Å². The minimum Gasteiger partial charge on any atom is -0.755 e. The number of anilines is 1. The summed E-state index contributed by atoms with van der Waals surface area (Å²) in [5.41, 5.74) is 7.15. The van der Waals surface area contributed by atoms with E-state index in [0.717, 1.165) is 0 Å². The molecule has 0 radical (unpaired) electrons. The highest BCUT2D eigenvalue weighted by Crippen LogP contribution is 2.43. The van der Waals surface area contributed by atoms with Crippen molar-refractivity contribution in [2.45, 2.75) is 18.9 Å². The fraction of sp³-hybridized carbons (Fsp3) is 0.115. The number of aromatic hydroxyl groups is 2. The van der Waals surface area contributed by atoms with Gasteiger partial charge in [0.2, 0.25) is 5.91 Å². The number of amides is 1. The second-order valence-corrected chi connectivity index (χ2v) is 9.75. The Morgan fingerprint density at radius 1 is 1.05 bits per heavy atom. The van der Waals surface area contributed by atoms with Crippen LogP contribution in [0.3, 0.4) is 0 Å². The third-order valence-electron chi connectivity index (χ3n) is 6.08. The Balaban J connectivity index is 1.84. The van der Waals surface area contributed by atoms with Crippen molar-refractivity contribution in [3.8, 4) is 34.0 Å². The molecular formula is C26H23N6O9S-. The largest absolute Gasteiger partial charge is 0.755 e. The van der Waals surface area contributed by atoms with Gasteiger partial charge in [0.1, 0.15) is 29.2 Å². The van der Waals surface area contributed by atoms with Crippen LogP contribution in [0.2, 0.25) is 0 Å². The number of carbonyl (C=O) groups is 3. The first-order chi connectivity index (χ1) is 19.8. The minimum absolute atomic E-state index is 0.0178. The van der Waals surface area contributed by atoms with Gasteiger partial charge in [-0.2, -0.15) is 0 Å². The number of carbonyl (C=O) groups excluding carboxylic acids is 1. The molecule has 1 heterocycles. The number of benzene rings is 3. The third kappa shape index (κ3) is 6.62. The Kier molecular flexibility index (Phi) is 8.39. The highest BCUT2D eigenvalue weighted by atomic mass is 32.2. The van der Waals surface area contributed by atoms with Gasteiger partial charge in [-0.3, -0.25) is 19.2 Å². The maximum absolute atomic E-state index is 12.8. The Morgan fingerprint density at radius 3 is 2.40 bits per heavy atom. The molecule has 4 aromatic rings. The van der Waals surface area contributed by atoms with Crippen LogP contribution in [0.1, 0.15) is 17.5 Å². The molecule has 0 fully saturated rings. The number of nitrogens with two attached hydrogens (primary N) is 1. The predicted molar refractivity (Wildman–Crippen MR) is 149 cm³/mol. The van der Waals surface area contributed by atoms with Gasteiger partial charge in [-0.25, -0.2) is 9.78 Å². The Hall–Kier alpha value is -5.48. The van der Waals surface area contributed by atoms with E-state index < -0.39 is 53.7 Å². The molecule has 1 unspecified atom stereocenters.